The summed E-state index contributed by atoms with van der Waals surface area (Å²) < 4.78 is 2.42. The van der Waals surface area contributed by atoms with Gasteiger partial charge < -0.3 is 20.6 Å². The van der Waals surface area contributed by atoms with Crippen molar-refractivity contribution in [3.8, 4) is 5.75 Å². The molecule has 0 fully saturated rings. The number of anilines is 3. The average molecular weight is 403 g/mol. The van der Waals surface area contributed by atoms with Gasteiger partial charge in [-0.1, -0.05) is 19.9 Å². The molecule has 0 bridgehead atoms. The summed E-state index contributed by atoms with van der Waals surface area (Å²) in [5.74, 6) is -0.666. The second-order valence-corrected chi connectivity index (χ2v) is 7.09. The summed E-state index contributed by atoms with van der Waals surface area (Å²) in [6, 6.07) is 4.64. The molecule has 1 amide bonds. The van der Waals surface area contributed by atoms with Gasteiger partial charge in [-0.15, -0.1) is 0 Å². The van der Waals surface area contributed by atoms with E-state index in [9.17, 15) is 19.5 Å². The summed E-state index contributed by atoms with van der Waals surface area (Å²) in [7, 11) is 6.16. The number of para-hydroxylation sites is 1. The number of aromatic hydroxyl groups is 1. The summed E-state index contributed by atoms with van der Waals surface area (Å²) in [6.07, 6.45) is 1.54. The first-order valence-corrected chi connectivity index (χ1v) is 9.51. The zero-order chi connectivity index (χ0) is 21.9. The fourth-order valence-electron chi connectivity index (χ4n) is 2.95. The Kier molecular flexibility index (Phi) is 6.73. The molecular weight excluding hydrogens is 374 g/mol. The summed E-state index contributed by atoms with van der Waals surface area (Å²) in [6.45, 7) is 3.98. The van der Waals surface area contributed by atoms with Crippen molar-refractivity contribution in [3.63, 3.8) is 0 Å². The minimum absolute atomic E-state index is 0.00519. The van der Waals surface area contributed by atoms with Crippen molar-refractivity contribution >= 4 is 23.0 Å². The van der Waals surface area contributed by atoms with E-state index >= 15 is 0 Å². The highest BCUT2D eigenvalue weighted by Gasteiger charge is 2.21. The molecule has 0 spiro atoms. The third-order valence-electron chi connectivity index (χ3n) is 4.98. The van der Waals surface area contributed by atoms with Gasteiger partial charge in [-0.25, -0.2) is 9.36 Å². The maximum absolute atomic E-state index is 12.9. The number of aromatic nitrogens is 2. The molecule has 0 unspecified atom stereocenters. The molecule has 0 radical (unpaired) electrons. The van der Waals surface area contributed by atoms with Crippen LogP contribution in [0.25, 0.3) is 0 Å². The van der Waals surface area contributed by atoms with Crippen molar-refractivity contribution in [1.29, 1.82) is 0 Å². The Labute approximate surface area is 169 Å². The molecule has 1 heterocycles. The standard InChI is InChI=1S/C20H29N5O4/c1-7-12(8-2)21-15-16(20(29)25(6)24(5)19(15)28)22-14-11-9-10-13(17(14)26)18(27)23(3)4/h9-12,21-22,26H,7-8H2,1-6H3. The fraction of sp³-hybridized carbons (Fsp3) is 0.450. The fourth-order valence-corrected chi connectivity index (χ4v) is 2.95. The van der Waals surface area contributed by atoms with Crippen molar-refractivity contribution in [2.45, 2.75) is 32.7 Å². The number of nitrogens with one attached hydrogen (secondary N) is 2. The highest BCUT2D eigenvalue weighted by atomic mass is 16.3. The second kappa shape index (κ2) is 8.85. The lowest BCUT2D eigenvalue weighted by atomic mass is 10.1. The van der Waals surface area contributed by atoms with Gasteiger partial charge in [-0.2, -0.15) is 0 Å². The molecule has 9 heteroatoms. The number of phenols is 1. The van der Waals surface area contributed by atoms with Gasteiger partial charge in [0.05, 0.1) is 11.3 Å². The predicted molar refractivity (Wildman–Crippen MR) is 114 cm³/mol. The lowest BCUT2D eigenvalue weighted by Crippen LogP contribution is -2.39. The molecule has 1 aromatic heterocycles. The molecule has 0 saturated carbocycles. The molecule has 158 valence electrons. The van der Waals surface area contributed by atoms with Gasteiger partial charge in [0.25, 0.3) is 17.0 Å². The molecule has 0 aliphatic heterocycles. The summed E-state index contributed by atoms with van der Waals surface area (Å²) in [5, 5.41) is 16.6. The molecular formula is C20H29N5O4. The second-order valence-electron chi connectivity index (χ2n) is 7.09. The Bertz CT molecular complexity index is 1020. The normalized spacial score (nSPS) is 10.9. The van der Waals surface area contributed by atoms with E-state index in [1.54, 1.807) is 26.2 Å². The van der Waals surface area contributed by atoms with E-state index in [1.165, 1.54) is 34.4 Å². The van der Waals surface area contributed by atoms with Crippen LogP contribution in [-0.2, 0) is 14.1 Å². The number of carbonyl (C=O) groups is 1. The topological polar surface area (TPSA) is 109 Å². The van der Waals surface area contributed by atoms with Crippen LogP contribution in [0.2, 0.25) is 0 Å². The van der Waals surface area contributed by atoms with Crippen LogP contribution in [0.5, 0.6) is 5.75 Å². The third-order valence-corrected chi connectivity index (χ3v) is 4.98. The number of rotatable bonds is 7. The van der Waals surface area contributed by atoms with Crippen molar-refractivity contribution in [2.24, 2.45) is 14.1 Å². The molecule has 9 nitrogen and oxygen atoms in total. The van der Waals surface area contributed by atoms with Gasteiger partial charge in [0.15, 0.2) is 5.75 Å². The van der Waals surface area contributed by atoms with Gasteiger partial charge in [0, 0.05) is 34.2 Å². The van der Waals surface area contributed by atoms with Gasteiger partial charge >= 0.3 is 0 Å². The third kappa shape index (κ3) is 4.28. The van der Waals surface area contributed by atoms with Crippen molar-refractivity contribution in [1.82, 2.24) is 14.3 Å². The van der Waals surface area contributed by atoms with Crippen LogP contribution >= 0.6 is 0 Å². The Morgan fingerprint density at radius 2 is 1.62 bits per heavy atom. The molecule has 2 aromatic rings. The summed E-state index contributed by atoms with van der Waals surface area (Å²) in [5.41, 5.74) is -0.406. The minimum atomic E-state index is -0.440. The molecule has 1 aromatic carbocycles. The van der Waals surface area contributed by atoms with Gasteiger partial charge in [-0.05, 0) is 25.0 Å². The number of nitrogens with zero attached hydrogens (tertiary/aromatic N) is 3. The zero-order valence-corrected chi connectivity index (χ0v) is 17.7. The molecule has 0 saturated heterocycles. The molecule has 0 aliphatic rings. The first-order chi connectivity index (χ1) is 13.6. The van der Waals surface area contributed by atoms with Gasteiger partial charge in [-0.3, -0.25) is 14.4 Å². The largest absolute Gasteiger partial charge is 0.505 e. The number of carbonyl (C=O) groups excluding carboxylic acids is 1. The smallest absolute Gasteiger partial charge is 0.290 e. The molecule has 0 atom stereocenters. The van der Waals surface area contributed by atoms with Crippen LogP contribution in [0.3, 0.4) is 0 Å². The molecule has 29 heavy (non-hydrogen) atoms. The lowest BCUT2D eigenvalue weighted by Gasteiger charge is -2.21. The van der Waals surface area contributed by atoms with Crippen LogP contribution in [0.15, 0.2) is 27.8 Å². The van der Waals surface area contributed by atoms with Crippen LogP contribution in [-0.4, -0.2) is 45.4 Å². The predicted octanol–water partition coefficient (Wildman–Crippen LogP) is 1.84. The first-order valence-electron chi connectivity index (χ1n) is 9.51. The van der Waals surface area contributed by atoms with E-state index in [4.69, 9.17) is 0 Å². The Morgan fingerprint density at radius 3 is 2.14 bits per heavy atom. The number of amides is 1. The van der Waals surface area contributed by atoms with Crippen LogP contribution in [0, 0.1) is 0 Å². The van der Waals surface area contributed by atoms with E-state index in [2.05, 4.69) is 10.6 Å². The SMILES string of the molecule is CCC(CC)Nc1c(Nc2cccc(C(=O)N(C)C)c2O)c(=O)n(C)n(C)c1=O. The highest BCUT2D eigenvalue weighted by molar-refractivity contribution is 5.98. The molecule has 2 rings (SSSR count). The van der Waals surface area contributed by atoms with Crippen molar-refractivity contribution in [3.05, 3.63) is 44.5 Å². The van der Waals surface area contributed by atoms with Crippen molar-refractivity contribution < 1.29 is 9.90 Å². The van der Waals surface area contributed by atoms with E-state index < -0.39 is 5.56 Å². The number of hydrogen-bond acceptors (Lipinski definition) is 6. The Balaban J connectivity index is 2.64. The zero-order valence-electron chi connectivity index (χ0n) is 17.7. The monoisotopic (exact) mass is 403 g/mol. The van der Waals surface area contributed by atoms with Gasteiger partial charge in [0.2, 0.25) is 0 Å². The number of benzene rings is 1. The van der Waals surface area contributed by atoms with Crippen molar-refractivity contribution in [2.75, 3.05) is 24.7 Å². The number of phenolic OH excluding ortho intramolecular Hbond substituents is 1. The van der Waals surface area contributed by atoms with Crippen LogP contribution in [0.4, 0.5) is 17.1 Å². The maximum Gasteiger partial charge on any atom is 0.290 e. The molecule has 3 N–H and O–H groups in total. The van der Waals surface area contributed by atoms with Crippen LogP contribution in [0.1, 0.15) is 37.0 Å². The lowest BCUT2D eigenvalue weighted by molar-refractivity contribution is 0.0824. The summed E-state index contributed by atoms with van der Waals surface area (Å²) in [4.78, 5) is 39.4. The Morgan fingerprint density at radius 1 is 1.07 bits per heavy atom. The number of hydrogen-bond donors (Lipinski definition) is 3. The van der Waals surface area contributed by atoms with Gasteiger partial charge in [0.1, 0.15) is 11.4 Å². The van der Waals surface area contributed by atoms with Crippen LogP contribution < -0.4 is 21.8 Å². The maximum atomic E-state index is 12.9. The quantitative estimate of drug-likeness (QED) is 0.609. The van der Waals surface area contributed by atoms with E-state index in [1.807, 2.05) is 13.8 Å². The van der Waals surface area contributed by atoms with E-state index in [-0.39, 0.29) is 45.9 Å². The molecule has 0 aliphatic carbocycles. The summed E-state index contributed by atoms with van der Waals surface area (Å²) >= 11 is 0. The first kappa shape index (κ1) is 22.1. The van der Waals surface area contributed by atoms with E-state index in [0.29, 0.717) is 0 Å². The highest BCUT2D eigenvalue weighted by Crippen LogP contribution is 2.31. The Hall–Kier alpha value is -3.23. The minimum Gasteiger partial charge on any atom is -0.505 e. The van der Waals surface area contributed by atoms with E-state index in [0.717, 1.165) is 12.8 Å². The average Bonchev–Trinajstić information content (AvgIpc) is 2.71.